The van der Waals surface area contributed by atoms with Crippen molar-refractivity contribution in [3.63, 3.8) is 0 Å². The fraction of sp³-hybridized carbons (Fsp3) is 0.120. The molecule has 2 aromatic carbocycles. The number of fused-ring (bicyclic) bond motifs is 1. The molecule has 4 aromatic rings. The van der Waals surface area contributed by atoms with Crippen LogP contribution in [0.4, 0.5) is 0 Å². The number of hydrogen-bond donors (Lipinski definition) is 1. The van der Waals surface area contributed by atoms with Crippen molar-refractivity contribution in [2.24, 2.45) is 0 Å². The van der Waals surface area contributed by atoms with Crippen LogP contribution in [0.15, 0.2) is 83.1 Å². The number of carbonyl (C=O) groups is 1. The van der Waals surface area contributed by atoms with Crippen LogP contribution in [-0.2, 0) is 24.9 Å². The summed E-state index contributed by atoms with van der Waals surface area (Å²) in [6.45, 7) is 4.93. The second-order valence-electron chi connectivity index (χ2n) is 6.76. The molecule has 0 fully saturated rings. The number of rotatable bonds is 3. The summed E-state index contributed by atoms with van der Waals surface area (Å²) in [5.74, 6) is 0.804. The number of benzene rings is 2. The predicted molar refractivity (Wildman–Crippen MR) is 116 cm³/mol. The van der Waals surface area contributed by atoms with Gasteiger partial charge in [0.2, 0.25) is 0 Å². The first-order valence-electron chi connectivity index (χ1n) is 9.24. The standard InChI is InChI=1S/C20H14NO.C5H8O2.Ir/c1-14-7-9-16(10-8-14)19-12-17-11-18(21-13-20(17)22-19)15-5-3-2-4-6-15;1-4(6)3-5(2)7;/h2-5,7-13H,1H3;3,6H,1-2H3;/q-1;;/b;4-3-;. The number of aliphatic hydroxyl groups is 1. The van der Waals surface area contributed by atoms with E-state index in [1.165, 1.54) is 25.5 Å². The molecule has 0 unspecified atom stereocenters. The zero-order valence-corrected chi connectivity index (χ0v) is 19.4. The van der Waals surface area contributed by atoms with Gasteiger partial charge in [0, 0.05) is 37.1 Å². The van der Waals surface area contributed by atoms with Crippen LogP contribution in [-0.4, -0.2) is 15.9 Å². The molecule has 0 aliphatic rings. The Kier molecular flexibility index (Phi) is 8.28. The van der Waals surface area contributed by atoms with Gasteiger partial charge in [-0.15, -0.1) is 35.9 Å². The molecule has 0 spiro atoms. The Bertz CT molecular complexity index is 1140. The number of carbonyl (C=O) groups excluding carboxylic acids is 1. The summed E-state index contributed by atoms with van der Waals surface area (Å²) >= 11 is 0. The molecule has 2 aromatic heterocycles. The molecular formula is C25H22IrNO3-. The normalized spacial score (nSPS) is 10.7. The van der Waals surface area contributed by atoms with Crippen molar-refractivity contribution in [2.45, 2.75) is 20.8 Å². The molecule has 4 rings (SSSR count). The summed E-state index contributed by atoms with van der Waals surface area (Å²) in [5, 5.41) is 9.42. The number of pyridine rings is 1. The molecule has 1 radical (unpaired) electrons. The summed E-state index contributed by atoms with van der Waals surface area (Å²) < 4.78 is 5.91. The molecule has 30 heavy (non-hydrogen) atoms. The average Bonchev–Trinajstić information content (AvgIpc) is 3.12. The average molecular weight is 577 g/mol. The molecule has 0 bridgehead atoms. The second-order valence-corrected chi connectivity index (χ2v) is 6.76. The monoisotopic (exact) mass is 577 g/mol. The van der Waals surface area contributed by atoms with Gasteiger partial charge in [0.25, 0.3) is 0 Å². The Morgan fingerprint density at radius 3 is 2.40 bits per heavy atom. The van der Waals surface area contributed by atoms with Gasteiger partial charge in [0.05, 0.1) is 12.0 Å². The van der Waals surface area contributed by atoms with Crippen molar-refractivity contribution in [2.75, 3.05) is 0 Å². The third-order valence-corrected chi connectivity index (χ3v) is 4.14. The summed E-state index contributed by atoms with van der Waals surface area (Å²) in [7, 11) is 0. The van der Waals surface area contributed by atoms with Crippen LogP contribution in [0.2, 0.25) is 0 Å². The van der Waals surface area contributed by atoms with Crippen LogP contribution in [0.5, 0.6) is 0 Å². The number of allylic oxidation sites excluding steroid dienone is 2. The maximum Gasteiger partial charge on any atom is 0.155 e. The van der Waals surface area contributed by atoms with E-state index in [4.69, 9.17) is 9.52 Å². The van der Waals surface area contributed by atoms with E-state index in [1.54, 1.807) is 6.20 Å². The van der Waals surface area contributed by atoms with Crippen molar-refractivity contribution in [3.05, 3.63) is 90.3 Å². The van der Waals surface area contributed by atoms with E-state index >= 15 is 0 Å². The van der Waals surface area contributed by atoms with Crippen LogP contribution in [0.25, 0.3) is 33.6 Å². The minimum Gasteiger partial charge on any atom is -0.512 e. The van der Waals surface area contributed by atoms with Crippen LogP contribution in [0, 0.1) is 13.0 Å². The maximum absolute atomic E-state index is 10.0. The Morgan fingerprint density at radius 2 is 1.83 bits per heavy atom. The smallest absolute Gasteiger partial charge is 0.155 e. The molecule has 0 aliphatic carbocycles. The fourth-order valence-electron chi connectivity index (χ4n) is 2.80. The molecule has 0 atom stereocenters. The van der Waals surface area contributed by atoms with Gasteiger partial charge in [-0.25, -0.2) is 0 Å². The van der Waals surface area contributed by atoms with E-state index in [-0.39, 0.29) is 31.6 Å². The summed E-state index contributed by atoms with van der Waals surface area (Å²) in [4.78, 5) is 14.5. The molecule has 155 valence electrons. The molecule has 0 saturated heterocycles. The van der Waals surface area contributed by atoms with Gasteiger partial charge in [0.1, 0.15) is 5.76 Å². The summed E-state index contributed by atoms with van der Waals surface area (Å²) in [6, 6.07) is 23.5. The van der Waals surface area contributed by atoms with E-state index in [0.29, 0.717) is 0 Å². The van der Waals surface area contributed by atoms with Crippen LogP contribution >= 0.6 is 0 Å². The Hall–Kier alpha value is -3.01. The van der Waals surface area contributed by atoms with Gasteiger partial charge in [-0.2, -0.15) is 0 Å². The van der Waals surface area contributed by atoms with Crippen LogP contribution < -0.4 is 0 Å². The first kappa shape index (κ1) is 23.3. The number of aliphatic hydroxyl groups excluding tert-OH is 1. The van der Waals surface area contributed by atoms with Gasteiger partial charge >= 0.3 is 0 Å². The van der Waals surface area contributed by atoms with Gasteiger partial charge in [-0.05, 0) is 32.5 Å². The van der Waals surface area contributed by atoms with Gasteiger partial charge in [-0.1, -0.05) is 35.9 Å². The van der Waals surface area contributed by atoms with Crippen molar-refractivity contribution >= 4 is 16.8 Å². The zero-order chi connectivity index (χ0) is 20.8. The predicted octanol–water partition coefficient (Wildman–Crippen LogP) is 6.31. The molecule has 0 saturated carbocycles. The molecule has 5 heteroatoms. The first-order valence-corrected chi connectivity index (χ1v) is 9.24. The van der Waals surface area contributed by atoms with E-state index in [2.05, 4.69) is 48.3 Å². The number of aromatic nitrogens is 1. The van der Waals surface area contributed by atoms with Crippen molar-refractivity contribution in [3.8, 4) is 22.6 Å². The third-order valence-electron chi connectivity index (χ3n) is 4.14. The Labute approximate surface area is 189 Å². The van der Waals surface area contributed by atoms with Gasteiger partial charge in [-0.3, -0.25) is 4.79 Å². The molecular weight excluding hydrogens is 554 g/mol. The van der Waals surface area contributed by atoms with E-state index < -0.39 is 0 Å². The summed E-state index contributed by atoms with van der Waals surface area (Å²) in [5.41, 5.74) is 5.01. The number of nitrogens with zero attached hydrogens (tertiary/aromatic N) is 1. The van der Waals surface area contributed by atoms with E-state index in [1.807, 2.05) is 30.3 Å². The molecule has 1 N–H and O–H groups in total. The molecule has 0 aliphatic heterocycles. The van der Waals surface area contributed by atoms with Crippen molar-refractivity contribution < 1.29 is 34.4 Å². The van der Waals surface area contributed by atoms with Crippen LogP contribution in [0.3, 0.4) is 0 Å². The Balaban J connectivity index is 0.000000350. The van der Waals surface area contributed by atoms with E-state index in [9.17, 15) is 4.79 Å². The number of hydrogen-bond acceptors (Lipinski definition) is 4. The van der Waals surface area contributed by atoms with Crippen LogP contribution in [0.1, 0.15) is 19.4 Å². The van der Waals surface area contributed by atoms with E-state index in [0.717, 1.165) is 33.6 Å². The van der Waals surface area contributed by atoms with Gasteiger partial charge < -0.3 is 14.5 Å². The maximum atomic E-state index is 10.0. The second kappa shape index (κ2) is 10.7. The topological polar surface area (TPSA) is 63.3 Å². The third kappa shape index (κ3) is 6.24. The number of furan rings is 1. The van der Waals surface area contributed by atoms with Crippen molar-refractivity contribution in [1.29, 1.82) is 0 Å². The minimum atomic E-state index is -0.125. The SMILES string of the molecule is CC(=O)/C=C(/C)O.Cc1ccc(-c2cc3cc(-c4[c-]cccc4)ncc3o2)cc1.[Ir]. The fourth-order valence-corrected chi connectivity index (χ4v) is 2.80. The van der Waals surface area contributed by atoms with Gasteiger partial charge in [0.15, 0.2) is 11.4 Å². The molecule has 2 heterocycles. The quantitative estimate of drug-likeness (QED) is 0.177. The minimum absolute atomic E-state index is 0. The first-order chi connectivity index (χ1) is 13.9. The van der Waals surface area contributed by atoms with Crippen molar-refractivity contribution in [1.82, 2.24) is 4.98 Å². The Morgan fingerprint density at radius 1 is 1.10 bits per heavy atom. The largest absolute Gasteiger partial charge is 0.512 e. The number of aryl methyl sites for hydroxylation is 1. The summed E-state index contributed by atoms with van der Waals surface area (Å²) in [6.07, 6.45) is 2.95. The number of ketones is 1. The molecule has 0 amide bonds. The zero-order valence-electron chi connectivity index (χ0n) is 17.0. The molecule has 4 nitrogen and oxygen atoms in total.